The van der Waals surface area contributed by atoms with Crippen molar-refractivity contribution in [2.75, 3.05) is 0 Å². The van der Waals surface area contributed by atoms with Crippen molar-refractivity contribution in [1.29, 1.82) is 0 Å². The first-order chi connectivity index (χ1) is 4.61. The number of carboxylic acid groups (broad SMARTS) is 1. The predicted octanol–water partition coefficient (Wildman–Crippen LogP) is 1.90. The van der Waals surface area contributed by atoms with Crippen LogP contribution in [-0.2, 0) is 4.79 Å². The molecule has 0 heterocycles. The highest BCUT2D eigenvalue weighted by Gasteiger charge is 2.47. The summed E-state index contributed by atoms with van der Waals surface area (Å²) in [6, 6.07) is 0. The highest BCUT2D eigenvalue weighted by Crippen LogP contribution is 2.48. The summed E-state index contributed by atoms with van der Waals surface area (Å²) in [5.74, 6) is -0.199. The third kappa shape index (κ3) is 0.825. The number of hydrogen-bond donors (Lipinski definition) is 1. The summed E-state index contributed by atoms with van der Waals surface area (Å²) in [6.07, 6.45) is 2.96. The maximum Gasteiger partial charge on any atom is 0.309 e. The first-order valence-corrected chi connectivity index (χ1v) is 3.84. The third-order valence-corrected chi connectivity index (χ3v) is 2.89. The number of carboxylic acids is 1. The van der Waals surface area contributed by atoms with Gasteiger partial charge in [0, 0.05) is 0 Å². The van der Waals surface area contributed by atoms with Crippen molar-refractivity contribution in [3.05, 3.63) is 0 Å². The van der Waals surface area contributed by atoms with Crippen molar-refractivity contribution in [3.63, 3.8) is 0 Å². The largest absolute Gasteiger partial charge is 0.481 e. The van der Waals surface area contributed by atoms with Gasteiger partial charge in [-0.2, -0.15) is 0 Å². The summed E-state index contributed by atoms with van der Waals surface area (Å²) in [5, 5.41) is 8.79. The normalized spacial score (nSPS) is 38.8. The molecule has 2 atom stereocenters. The Morgan fingerprint density at radius 1 is 1.80 bits per heavy atom. The van der Waals surface area contributed by atoms with E-state index in [4.69, 9.17) is 5.11 Å². The van der Waals surface area contributed by atoms with Crippen LogP contribution in [0, 0.1) is 11.3 Å². The zero-order chi connectivity index (χ0) is 7.78. The molecule has 0 spiro atoms. The summed E-state index contributed by atoms with van der Waals surface area (Å²) in [4.78, 5) is 10.7. The van der Waals surface area contributed by atoms with Gasteiger partial charge in [-0.1, -0.05) is 13.3 Å². The fourth-order valence-corrected chi connectivity index (χ4v) is 1.72. The first kappa shape index (κ1) is 7.58. The lowest BCUT2D eigenvalue weighted by Gasteiger charge is -2.43. The molecule has 1 aliphatic carbocycles. The lowest BCUT2D eigenvalue weighted by molar-refractivity contribution is -0.159. The van der Waals surface area contributed by atoms with Crippen LogP contribution in [-0.4, -0.2) is 11.1 Å². The molecule has 10 heavy (non-hydrogen) atoms. The summed E-state index contributed by atoms with van der Waals surface area (Å²) >= 11 is 0. The molecule has 0 aliphatic heterocycles. The maximum absolute atomic E-state index is 10.7. The topological polar surface area (TPSA) is 37.3 Å². The van der Waals surface area contributed by atoms with E-state index < -0.39 is 11.4 Å². The summed E-state index contributed by atoms with van der Waals surface area (Å²) < 4.78 is 0. The van der Waals surface area contributed by atoms with E-state index >= 15 is 0 Å². The summed E-state index contributed by atoms with van der Waals surface area (Å²) in [5.41, 5.74) is -0.394. The van der Waals surface area contributed by atoms with Crippen LogP contribution in [0.15, 0.2) is 0 Å². The Morgan fingerprint density at radius 3 is 2.50 bits per heavy atom. The van der Waals surface area contributed by atoms with Gasteiger partial charge in [-0.25, -0.2) is 0 Å². The molecule has 2 heteroatoms. The molecule has 0 saturated heterocycles. The second kappa shape index (κ2) is 2.26. The fraction of sp³-hybridized carbons (Fsp3) is 0.875. The van der Waals surface area contributed by atoms with Crippen molar-refractivity contribution < 1.29 is 9.90 Å². The Balaban J connectivity index is 2.61. The van der Waals surface area contributed by atoms with Crippen molar-refractivity contribution in [2.24, 2.45) is 11.3 Å². The van der Waals surface area contributed by atoms with Gasteiger partial charge in [-0.05, 0) is 25.7 Å². The SMILES string of the molecule is CCC1CCC1(C)C(=O)O. The first-order valence-electron chi connectivity index (χ1n) is 3.84. The lowest BCUT2D eigenvalue weighted by Crippen LogP contribution is -2.43. The molecule has 2 unspecified atom stereocenters. The Hall–Kier alpha value is -0.530. The number of aliphatic carboxylic acids is 1. The van der Waals surface area contributed by atoms with Crippen LogP contribution in [0.5, 0.6) is 0 Å². The number of carbonyl (C=O) groups is 1. The molecule has 1 fully saturated rings. The smallest absolute Gasteiger partial charge is 0.309 e. The van der Waals surface area contributed by atoms with E-state index in [0.29, 0.717) is 5.92 Å². The van der Waals surface area contributed by atoms with Gasteiger partial charge in [0.05, 0.1) is 5.41 Å². The average molecular weight is 142 g/mol. The minimum Gasteiger partial charge on any atom is -0.481 e. The molecule has 0 aromatic carbocycles. The van der Waals surface area contributed by atoms with Crippen molar-refractivity contribution in [1.82, 2.24) is 0 Å². The zero-order valence-corrected chi connectivity index (χ0v) is 6.55. The predicted molar refractivity (Wildman–Crippen MR) is 38.8 cm³/mol. The molecule has 2 nitrogen and oxygen atoms in total. The molecule has 1 rings (SSSR count). The standard InChI is InChI=1S/C8H14O2/c1-3-6-4-5-8(6,2)7(9)10/h6H,3-5H2,1-2H3,(H,9,10). The second-order valence-electron chi connectivity index (χ2n) is 3.37. The molecule has 0 aromatic heterocycles. The molecule has 1 saturated carbocycles. The van der Waals surface area contributed by atoms with Gasteiger partial charge in [-0.3, -0.25) is 4.79 Å². The molecule has 1 aliphatic rings. The fourth-order valence-electron chi connectivity index (χ4n) is 1.72. The van der Waals surface area contributed by atoms with Crippen LogP contribution in [0.2, 0.25) is 0 Å². The minimum absolute atomic E-state index is 0.394. The van der Waals surface area contributed by atoms with E-state index in [1.165, 1.54) is 0 Å². The van der Waals surface area contributed by atoms with Gasteiger partial charge >= 0.3 is 5.97 Å². The van der Waals surface area contributed by atoms with Gasteiger partial charge in [0.15, 0.2) is 0 Å². The van der Waals surface area contributed by atoms with Gasteiger partial charge in [0.2, 0.25) is 0 Å². The van der Waals surface area contributed by atoms with Crippen LogP contribution in [0.1, 0.15) is 33.1 Å². The molecule has 1 N–H and O–H groups in total. The Morgan fingerprint density at radius 2 is 2.40 bits per heavy atom. The summed E-state index contributed by atoms with van der Waals surface area (Å²) in [7, 11) is 0. The Labute approximate surface area is 61.2 Å². The van der Waals surface area contributed by atoms with Crippen LogP contribution >= 0.6 is 0 Å². The molecule has 0 radical (unpaired) electrons. The summed E-state index contributed by atoms with van der Waals surface area (Å²) in [6.45, 7) is 3.91. The highest BCUT2D eigenvalue weighted by molar-refractivity contribution is 5.75. The molecule has 0 amide bonds. The average Bonchev–Trinajstić information content (AvgIpc) is 1.85. The van der Waals surface area contributed by atoms with E-state index in [1.54, 1.807) is 0 Å². The van der Waals surface area contributed by atoms with Crippen LogP contribution in [0.3, 0.4) is 0 Å². The van der Waals surface area contributed by atoms with Gasteiger partial charge in [-0.15, -0.1) is 0 Å². The van der Waals surface area contributed by atoms with E-state index in [0.717, 1.165) is 19.3 Å². The maximum atomic E-state index is 10.7. The van der Waals surface area contributed by atoms with Gasteiger partial charge < -0.3 is 5.11 Å². The number of rotatable bonds is 2. The van der Waals surface area contributed by atoms with Crippen molar-refractivity contribution in [3.8, 4) is 0 Å². The Bertz CT molecular complexity index is 151. The van der Waals surface area contributed by atoms with E-state index in [2.05, 4.69) is 6.92 Å². The lowest BCUT2D eigenvalue weighted by atomic mass is 9.60. The van der Waals surface area contributed by atoms with Crippen molar-refractivity contribution in [2.45, 2.75) is 33.1 Å². The van der Waals surface area contributed by atoms with Gasteiger partial charge in [0.1, 0.15) is 0 Å². The van der Waals surface area contributed by atoms with Crippen LogP contribution in [0.4, 0.5) is 0 Å². The van der Waals surface area contributed by atoms with Gasteiger partial charge in [0.25, 0.3) is 0 Å². The molecule has 0 bridgehead atoms. The molecule has 0 aromatic rings. The minimum atomic E-state index is -0.620. The quantitative estimate of drug-likeness (QED) is 0.639. The van der Waals surface area contributed by atoms with E-state index in [-0.39, 0.29) is 0 Å². The Kier molecular flexibility index (Phi) is 1.71. The van der Waals surface area contributed by atoms with Crippen LogP contribution in [0.25, 0.3) is 0 Å². The monoisotopic (exact) mass is 142 g/mol. The van der Waals surface area contributed by atoms with E-state index in [1.807, 2.05) is 6.92 Å². The molecular weight excluding hydrogens is 128 g/mol. The molecular formula is C8H14O2. The highest BCUT2D eigenvalue weighted by atomic mass is 16.4. The zero-order valence-electron chi connectivity index (χ0n) is 6.55. The van der Waals surface area contributed by atoms with Crippen LogP contribution < -0.4 is 0 Å². The molecule has 58 valence electrons. The van der Waals surface area contributed by atoms with E-state index in [9.17, 15) is 4.79 Å². The number of hydrogen-bond acceptors (Lipinski definition) is 1. The van der Waals surface area contributed by atoms with Crippen molar-refractivity contribution >= 4 is 5.97 Å². The second-order valence-corrected chi connectivity index (χ2v) is 3.37. The third-order valence-electron chi connectivity index (χ3n) is 2.89.